The number of imidazole rings is 1. The van der Waals surface area contributed by atoms with Crippen LogP contribution in [0.25, 0.3) is 4.96 Å². The number of rotatable bonds is 8. The van der Waals surface area contributed by atoms with Crippen molar-refractivity contribution in [3.63, 3.8) is 0 Å². The van der Waals surface area contributed by atoms with Crippen molar-refractivity contribution in [2.75, 3.05) is 7.11 Å². The van der Waals surface area contributed by atoms with E-state index in [1.165, 1.54) is 17.5 Å². The molecule has 4 aromatic rings. The molecule has 0 amide bonds. The van der Waals surface area contributed by atoms with Crippen LogP contribution in [0.4, 0.5) is 0 Å². The van der Waals surface area contributed by atoms with Crippen LogP contribution in [0.3, 0.4) is 0 Å². The van der Waals surface area contributed by atoms with E-state index >= 15 is 0 Å². The minimum atomic E-state index is -0.986. The van der Waals surface area contributed by atoms with E-state index in [2.05, 4.69) is 20.9 Å². The van der Waals surface area contributed by atoms with Crippen LogP contribution in [-0.2, 0) is 25.6 Å². The Morgan fingerprint density at radius 1 is 1.10 bits per heavy atom. The highest BCUT2D eigenvalue weighted by Gasteiger charge is 2.57. The Labute approximate surface area is 236 Å². The van der Waals surface area contributed by atoms with E-state index in [0.29, 0.717) is 21.1 Å². The quantitative estimate of drug-likeness (QED) is 0.255. The van der Waals surface area contributed by atoms with Gasteiger partial charge in [-0.05, 0) is 55.8 Å². The third kappa shape index (κ3) is 5.06. The van der Waals surface area contributed by atoms with E-state index in [1.54, 1.807) is 43.7 Å². The number of halogens is 1. The first-order chi connectivity index (χ1) is 18.7. The van der Waals surface area contributed by atoms with E-state index in [9.17, 15) is 9.59 Å². The molecule has 0 unspecified atom stereocenters. The molecule has 2 aliphatic rings. The maximum atomic E-state index is 13.8. The highest BCUT2D eigenvalue weighted by Crippen LogP contribution is 2.40. The van der Waals surface area contributed by atoms with Gasteiger partial charge >= 0.3 is 0 Å². The number of Topliss-reactive ketones (excluding diaryl/α,β-unsaturated/α-hetero) is 1. The molecular formula is C28H25BrN2O7S. The molecule has 4 atom stereocenters. The molecule has 2 aromatic heterocycles. The summed E-state index contributed by atoms with van der Waals surface area (Å²) in [6.07, 6.45) is 0.0807. The van der Waals surface area contributed by atoms with Gasteiger partial charge in [0.15, 0.2) is 23.1 Å². The largest absolute Gasteiger partial charge is 0.497 e. The van der Waals surface area contributed by atoms with Gasteiger partial charge < -0.3 is 23.7 Å². The average Bonchev–Trinajstić information content (AvgIpc) is 3.66. The topological polar surface area (TPSA) is 97.6 Å². The lowest BCUT2D eigenvalue weighted by molar-refractivity contribution is -0.212. The number of methoxy groups -OCH3 is 1. The normalized spacial score (nSPS) is 23.7. The van der Waals surface area contributed by atoms with Crippen molar-refractivity contribution in [1.82, 2.24) is 9.38 Å². The highest BCUT2D eigenvalue weighted by molar-refractivity contribution is 9.10. The summed E-state index contributed by atoms with van der Waals surface area (Å²) >= 11 is 4.60. The van der Waals surface area contributed by atoms with Crippen LogP contribution in [0.2, 0.25) is 0 Å². The number of fused-ring (bicyclic) bond motifs is 2. The number of nitrogens with zero attached hydrogens (tertiary/aromatic N) is 2. The van der Waals surface area contributed by atoms with Crippen LogP contribution in [0.1, 0.15) is 45.1 Å². The zero-order valence-electron chi connectivity index (χ0n) is 21.3. The number of hydrogen-bond donors (Lipinski definition) is 0. The van der Waals surface area contributed by atoms with Crippen LogP contribution in [-0.4, -0.2) is 58.4 Å². The predicted octanol–water partition coefficient (Wildman–Crippen LogP) is 5.04. The Hall–Kier alpha value is -2.93. The molecule has 9 nitrogen and oxygen atoms in total. The van der Waals surface area contributed by atoms with Gasteiger partial charge in [-0.15, -0.1) is 0 Å². The highest BCUT2D eigenvalue weighted by atomic mass is 79.9. The number of aromatic nitrogens is 2. The Kier molecular flexibility index (Phi) is 6.90. The molecule has 202 valence electrons. The fourth-order valence-corrected chi connectivity index (χ4v) is 5.93. The SMILES string of the molecule is COc1ccc(CO[C@@H]2[C@H]3OC(C)(C)O[C@H]3O[C@@H]2C(=O)c2cnc3sc(C(=O)c4ccc(Br)cc4)cn23)cc1. The van der Waals surface area contributed by atoms with Gasteiger partial charge in [0, 0.05) is 16.2 Å². The lowest BCUT2D eigenvalue weighted by Crippen LogP contribution is -2.41. The van der Waals surface area contributed by atoms with Gasteiger partial charge in [-0.3, -0.25) is 14.0 Å². The number of ketones is 2. The van der Waals surface area contributed by atoms with Crippen LogP contribution in [0.5, 0.6) is 5.75 Å². The molecule has 0 aliphatic carbocycles. The molecule has 4 heterocycles. The van der Waals surface area contributed by atoms with Gasteiger partial charge in [0.05, 0.1) is 24.8 Å². The van der Waals surface area contributed by atoms with Crippen molar-refractivity contribution in [1.29, 1.82) is 0 Å². The standard InChI is InChI=1S/C28H25BrN2O7S/c1-28(2)37-25-24(35-14-15-4-10-18(34-3)11-5-15)23(36-26(25)38-28)22(33)19-12-30-27-31(19)13-20(39-27)21(32)16-6-8-17(29)9-7-16/h4-13,23-26H,14H2,1-3H3/t23-,24+,25-,26-/m1/s1. The third-order valence-corrected chi connectivity index (χ3v) is 8.17. The second-order valence-electron chi connectivity index (χ2n) is 9.74. The van der Waals surface area contributed by atoms with Crippen molar-refractivity contribution in [2.24, 2.45) is 0 Å². The average molecular weight is 613 g/mol. The molecule has 2 aromatic carbocycles. The van der Waals surface area contributed by atoms with E-state index in [-0.39, 0.29) is 18.2 Å². The van der Waals surface area contributed by atoms with Crippen LogP contribution < -0.4 is 4.74 Å². The predicted molar refractivity (Wildman–Crippen MR) is 145 cm³/mol. The van der Waals surface area contributed by atoms with Gasteiger partial charge in [-0.1, -0.05) is 39.4 Å². The van der Waals surface area contributed by atoms with Gasteiger partial charge in [-0.25, -0.2) is 4.98 Å². The maximum Gasteiger partial charge on any atom is 0.212 e. The van der Waals surface area contributed by atoms with Crippen molar-refractivity contribution >= 4 is 43.8 Å². The van der Waals surface area contributed by atoms with Crippen molar-refractivity contribution in [3.05, 3.63) is 87.1 Å². The number of hydrogen-bond acceptors (Lipinski definition) is 9. The molecule has 11 heteroatoms. The number of carbonyl (C=O) groups excluding carboxylic acids is 2. The molecule has 2 aliphatic heterocycles. The maximum absolute atomic E-state index is 13.8. The van der Waals surface area contributed by atoms with E-state index in [0.717, 1.165) is 15.8 Å². The van der Waals surface area contributed by atoms with Crippen molar-refractivity contribution in [2.45, 2.75) is 50.8 Å². The first-order valence-corrected chi connectivity index (χ1v) is 13.9. The molecule has 0 spiro atoms. The Morgan fingerprint density at radius 2 is 1.85 bits per heavy atom. The van der Waals surface area contributed by atoms with Gasteiger partial charge in [-0.2, -0.15) is 0 Å². The van der Waals surface area contributed by atoms with Crippen LogP contribution in [0, 0.1) is 0 Å². The van der Waals surface area contributed by atoms with Crippen LogP contribution in [0.15, 0.2) is 65.4 Å². The van der Waals surface area contributed by atoms with Crippen LogP contribution >= 0.6 is 27.3 Å². The van der Waals surface area contributed by atoms with Gasteiger partial charge in [0.1, 0.15) is 23.7 Å². The summed E-state index contributed by atoms with van der Waals surface area (Å²) in [6.45, 7) is 3.82. The molecule has 2 fully saturated rings. The second kappa shape index (κ2) is 10.2. The molecule has 0 N–H and O–H groups in total. The smallest absolute Gasteiger partial charge is 0.212 e. The van der Waals surface area contributed by atoms with Gasteiger partial charge in [0.25, 0.3) is 0 Å². The number of thiazole rings is 1. The molecule has 2 saturated heterocycles. The summed E-state index contributed by atoms with van der Waals surface area (Å²) in [5, 5.41) is 0. The Bertz CT molecular complexity index is 1530. The molecule has 6 rings (SSSR count). The summed E-state index contributed by atoms with van der Waals surface area (Å²) in [7, 11) is 1.61. The molecular weight excluding hydrogens is 588 g/mol. The molecule has 0 radical (unpaired) electrons. The minimum absolute atomic E-state index is 0.146. The van der Waals surface area contributed by atoms with E-state index < -0.39 is 30.4 Å². The fourth-order valence-electron chi connectivity index (χ4n) is 4.75. The van der Waals surface area contributed by atoms with Crippen molar-refractivity contribution in [3.8, 4) is 5.75 Å². The number of benzene rings is 2. The Morgan fingerprint density at radius 3 is 2.56 bits per heavy atom. The summed E-state index contributed by atoms with van der Waals surface area (Å²) in [6, 6.07) is 14.6. The molecule has 0 bridgehead atoms. The summed E-state index contributed by atoms with van der Waals surface area (Å²) in [5.74, 6) is -0.608. The van der Waals surface area contributed by atoms with E-state index in [1.807, 2.05) is 36.4 Å². The van der Waals surface area contributed by atoms with E-state index in [4.69, 9.17) is 23.7 Å². The summed E-state index contributed by atoms with van der Waals surface area (Å²) in [4.78, 5) is 32.3. The number of ether oxygens (including phenoxy) is 5. The first-order valence-electron chi connectivity index (χ1n) is 12.3. The molecule has 0 saturated carbocycles. The minimum Gasteiger partial charge on any atom is -0.497 e. The van der Waals surface area contributed by atoms with Gasteiger partial charge in [0.2, 0.25) is 11.6 Å². The Balaban J connectivity index is 1.26. The summed E-state index contributed by atoms with van der Waals surface area (Å²) in [5.41, 5.74) is 1.74. The molecule has 39 heavy (non-hydrogen) atoms. The third-order valence-electron chi connectivity index (χ3n) is 6.64. The first kappa shape index (κ1) is 26.3. The lowest BCUT2D eigenvalue weighted by Gasteiger charge is -2.25. The number of carbonyl (C=O) groups is 2. The fraction of sp³-hybridized carbons (Fsp3) is 0.321. The lowest BCUT2D eigenvalue weighted by atomic mass is 10.0. The zero-order chi connectivity index (χ0) is 27.3. The zero-order valence-corrected chi connectivity index (χ0v) is 23.7. The second-order valence-corrected chi connectivity index (χ2v) is 11.7. The van der Waals surface area contributed by atoms with Crippen molar-refractivity contribution < 1.29 is 33.3 Å². The monoisotopic (exact) mass is 612 g/mol. The summed E-state index contributed by atoms with van der Waals surface area (Å²) < 4.78 is 32.0.